The Kier molecular flexibility index (Phi) is 3.55. The third-order valence-electron chi connectivity index (χ3n) is 2.45. The summed E-state index contributed by atoms with van der Waals surface area (Å²) in [4.78, 5) is 0. The van der Waals surface area contributed by atoms with Gasteiger partial charge in [-0.3, -0.25) is 0 Å². The van der Waals surface area contributed by atoms with Crippen LogP contribution in [0.3, 0.4) is 0 Å². The molecule has 0 aliphatic rings. The minimum Gasteiger partial charge on any atom is -0.384 e. The van der Waals surface area contributed by atoms with Crippen LogP contribution >= 0.6 is 34.5 Å². The molecular formula is C12H10Cl2OS. The van der Waals surface area contributed by atoms with Crippen molar-refractivity contribution in [3.63, 3.8) is 0 Å². The maximum absolute atomic E-state index is 10.2. The summed E-state index contributed by atoms with van der Waals surface area (Å²) in [6, 6.07) is 5.19. The number of hydrogen-bond donors (Lipinski definition) is 1. The van der Waals surface area contributed by atoms with Gasteiger partial charge < -0.3 is 5.11 Å². The van der Waals surface area contributed by atoms with Crippen molar-refractivity contribution in [2.75, 3.05) is 0 Å². The van der Waals surface area contributed by atoms with E-state index in [4.69, 9.17) is 23.2 Å². The van der Waals surface area contributed by atoms with Crippen LogP contribution in [0, 0.1) is 6.92 Å². The molecule has 1 atom stereocenters. The van der Waals surface area contributed by atoms with Crippen LogP contribution in [0.1, 0.15) is 22.8 Å². The van der Waals surface area contributed by atoms with Gasteiger partial charge in [0.05, 0.1) is 10.0 Å². The van der Waals surface area contributed by atoms with Gasteiger partial charge in [0.15, 0.2) is 0 Å². The highest BCUT2D eigenvalue weighted by Crippen LogP contribution is 2.31. The highest BCUT2D eigenvalue weighted by atomic mass is 35.5. The van der Waals surface area contributed by atoms with Gasteiger partial charge in [-0.2, -0.15) is 11.3 Å². The molecule has 0 amide bonds. The first kappa shape index (κ1) is 11.9. The third kappa shape index (κ3) is 2.25. The molecule has 0 bridgehead atoms. The molecule has 2 aromatic rings. The molecule has 1 nitrogen and oxygen atoms in total. The Bertz CT molecular complexity index is 507. The zero-order valence-electron chi connectivity index (χ0n) is 8.58. The van der Waals surface area contributed by atoms with Crippen LogP contribution in [0.25, 0.3) is 0 Å². The van der Waals surface area contributed by atoms with Gasteiger partial charge in [0.25, 0.3) is 0 Å². The second-order valence-electron chi connectivity index (χ2n) is 3.59. The van der Waals surface area contributed by atoms with E-state index in [1.807, 2.05) is 17.7 Å². The van der Waals surface area contributed by atoms with Crippen molar-refractivity contribution in [1.82, 2.24) is 0 Å². The van der Waals surface area contributed by atoms with Gasteiger partial charge in [-0.25, -0.2) is 0 Å². The molecule has 0 aliphatic heterocycles. The van der Waals surface area contributed by atoms with Gasteiger partial charge in [0.1, 0.15) is 6.10 Å². The van der Waals surface area contributed by atoms with Crippen LogP contribution in [0.2, 0.25) is 10.0 Å². The molecule has 1 aromatic heterocycles. The quantitative estimate of drug-likeness (QED) is 0.857. The largest absolute Gasteiger partial charge is 0.384 e. The number of aliphatic hydroxyl groups is 1. The summed E-state index contributed by atoms with van der Waals surface area (Å²) >= 11 is 13.3. The highest BCUT2D eigenvalue weighted by molar-refractivity contribution is 7.08. The molecule has 1 N–H and O–H groups in total. The summed E-state index contributed by atoms with van der Waals surface area (Å²) in [6.45, 7) is 1.98. The summed E-state index contributed by atoms with van der Waals surface area (Å²) < 4.78 is 0. The fourth-order valence-electron chi connectivity index (χ4n) is 1.51. The lowest BCUT2D eigenvalue weighted by Crippen LogP contribution is -1.99. The molecule has 4 heteroatoms. The van der Waals surface area contributed by atoms with Gasteiger partial charge in [-0.15, -0.1) is 0 Å². The predicted molar refractivity (Wildman–Crippen MR) is 69.6 cm³/mol. The molecule has 1 aromatic carbocycles. The Morgan fingerprint density at radius 2 is 1.94 bits per heavy atom. The number of hydrogen-bond acceptors (Lipinski definition) is 2. The number of aryl methyl sites for hydroxylation is 1. The van der Waals surface area contributed by atoms with Gasteiger partial charge >= 0.3 is 0 Å². The molecule has 0 radical (unpaired) electrons. The average molecular weight is 273 g/mol. The highest BCUT2D eigenvalue weighted by Gasteiger charge is 2.14. The maximum Gasteiger partial charge on any atom is 0.105 e. The van der Waals surface area contributed by atoms with Gasteiger partial charge in [-0.05, 0) is 46.5 Å². The van der Waals surface area contributed by atoms with E-state index >= 15 is 0 Å². The lowest BCUT2D eigenvalue weighted by molar-refractivity contribution is 0.220. The summed E-state index contributed by atoms with van der Waals surface area (Å²) in [5.41, 5.74) is 2.77. The molecule has 84 valence electrons. The van der Waals surface area contributed by atoms with Crippen molar-refractivity contribution >= 4 is 34.5 Å². The average Bonchev–Trinajstić information content (AvgIpc) is 2.67. The molecular weight excluding hydrogens is 263 g/mol. The third-order valence-corrected chi connectivity index (χ3v) is 4.07. The Balaban J connectivity index is 2.38. The van der Waals surface area contributed by atoms with E-state index in [1.54, 1.807) is 29.5 Å². The first-order valence-electron chi connectivity index (χ1n) is 4.75. The first-order chi connectivity index (χ1) is 7.59. The molecule has 0 saturated heterocycles. The zero-order chi connectivity index (χ0) is 11.7. The molecule has 16 heavy (non-hydrogen) atoms. The summed E-state index contributed by atoms with van der Waals surface area (Å²) in [7, 11) is 0. The monoisotopic (exact) mass is 272 g/mol. The van der Waals surface area contributed by atoms with Gasteiger partial charge in [0, 0.05) is 0 Å². The number of aliphatic hydroxyl groups excluding tert-OH is 1. The van der Waals surface area contributed by atoms with Crippen molar-refractivity contribution in [2.45, 2.75) is 13.0 Å². The smallest absolute Gasteiger partial charge is 0.105 e. The minimum atomic E-state index is -0.638. The number of thiophene rings is 1. The Labute approximate surface area is 108 Å². The van der Waals surface area contributed by atoms with Crippen molar-refractivity contribution in [1.29, 1.82) is 0 Å². The molecule has 2 rings (SSSR count). The fourth-order valence-corrected chi connectivity index (χ4v) is 2.69. The van der Waals surface area contributed by atoms with Crippen LogP contribution in [0.5, 0.6) is 0 Å². The number of halogens is 2. The topological polar surface area (TPSA) is 20.2 Å². The number of benzene rings is 1. The van der Waals surface area contributed by atoms with Crippen molar-refractivity contribution < 1.29 is 5.11 Å². The lowest BCUT2D eigenvalue weighted by Gasteiger charge is -2.11. The van der Waals surface area contributed by atoms with Crippen molar-refractivity contribution in [3.8, 4) is 0 Å². The van der Waals surface area contributed by atoms with Gasteiger partial charge in [-0.1, -0.05) is 29.3 Å². The van der Waals surface area contributed by atoms with E-state index in [0.29, 0.717) is 10.0 Å². The van der Waals surface area contributed by atoms with E-state index < -0.39 is 6.10 Å². The molecule has 0 aliphatic carbocycles. The zero-order valence-corrected chi connectivity index (χ0v) is 10.9. The molecule has 0 spiro atoms. The standard InChI is InChI=1S/C12H10Cl2OS/c1-7-5-16-6-9(7)12(15)8-2-3-10(13)11(14)4-8/h2-6,12,15H,1H3. The normalized spacial score (nSPS) is 12.8. The van der Waals surface area contributed by atoms with Crippen LogP contribution in [-0.4, -0.2) is 5.11 Å². The second kappa shape index (κ2) is 4.76. The van der Waals surface area contributed by atoms with E-state index in [9.17, 15) is 5.11 Å². The Morgan fingerprint density at radius 1 is 1.19 bits per heavy atom. The lowest BCUT2D eigenvalue weighted by atomic mass is 10.0. The van der Waals surface area contributed by atoms with E-state index in [-0.39, 0.29) is 0 Å². The predicted octanol–water partition coefficient (Wildman–Crippen LogP) is 4.45. The Hall–Kier alpha value is -0.540. The van der Waals surface area contributed by atoms with Crippen molar-refractivity contribution in [3.05, 3.63) is 55.7 Å². The fraction of sp³-hybridized carbons (Fsp3) is 0.167. The molecule has 1 heterocycles. The molecule has 0 saturated carbocycles. The van der Waals surface area contributed by atoms with Crippen molar-refractivity contribution in [2.24, 2.45) is 0 Å². The van der Waals surface area contributed by atoms with Crippen LogP contribution in [-0.2, 0) is 0 Å². The Morgan fingerprint density at radius 3 is 2.50 bits per heavy atom. The number of rotatable bonds is 2. The van der Waals surface area contributed by atoms with Crippen LogP contribution in [0.4, 0.5) is 0 Å². The first-order valence-corrected chi connectivity index (χ1v) is 6.45. The van der Waals surface area contributed by atoms with E-state index in [2.05, 4.69) is 0 Å². The van der Waals surface area contributed by atoms with Crippen LogP contribution < -0.4 is 0 Å². The van der Waals surface area contributed by atoms with E-state index in [1.165, 1.54) is 0 Å². The maximum atomic E-state index is 10.2. The van der Waals surface area contributed by atoms with Gasteiger partial charge in [0.2, 0.25) is 0 Å². The molecule has 0 fully saturated rings. The minimum absolute atomic E-state index is 0.464. The summed E-state index contributed by atoms with van der Waals surface area (Å²) in [5, 5.41) is 15.1. The summed E-state index contributed by atoms with van der Waals surface area (Å²) in [5.74, 6) is 0. The second-order valence-corrected chi connectivity index (χ2v) is 5.14. The van der Waals surface area contributed by atoms with E-state index in [0.717, 1.165) is 16.7 Å². The molecule has 1 unspecified atom stereocenters. The summed E-state index contributed by atoms with van der Waals surface area (Å²) in [6.07, 6.45) is -0.638. The SMILES string of the molecule is Cc1cscc1C(O)c1ccc(Cl)c(Cl)c1. The van der Waals surface area contributed by atoms with Crippen LogP contribution in [0.15, 0.2) is 29.0 Å².